The summed E-state index contributed by atoms with van der Waals surface area (Å²) in [4.78, 5) is 0. The molecule has 1 heterocycles. The van der Waals surface area contributed by atoms with Gasteiger partial charge in [-0.2, -0.15) is 0 Å². The zero-order valence-corrected chi connectivity index (χ0v) is 6.23. The second kappa shape index (κ2) is 2.62. The first-order valence-electron chi connectivity index (χ1n) is 3.85. The van der Waals surface area contributed by atoms with Crippen molar-refractivity contribution in [1.29, 1.82) is 0 Å². The molecule has 0 atom stereocenters. The Kier molecular flexibility index (Phi) is 1.62. The van der Waals surface area contributed by atoms with Crippen LogP contribution in [0.5, 0.6) is 0 Å². The molecule has 1 aliphatic carbocycles. The molecule has 60 valence electrons. The maximum absolute atomic E-state index is 5.63. The van der Waals surface area contributed by atoms with Crippen molar-refractivity contribution in [3.05, 3.63) is 12.3 Å². The van der Waals surface area contributed by atoms with Gasteiger partial charge in [0.2, 0.25) is 12.3 Å². The van der Waals surface area contributed by atoms with Crippen molar-refractivity contribution in [2.75, 3.05) is 0 Å². The highest BCUT2D eigenvalue weighted by atomic mass is 16.4. The van der Waals surface area contributed by atoms with Crippen molar-refractivity contribution in [3.63, 3.8) is 0 Å². The zero-order valence-electron chi connectivity index (χ0n) is 6.23. The summed E-state index contributed by atoms with van der Waals surface area (Å²) in [6, 6.07) is 0.405. The van der Waals surface area contributed by atoms with Gasteiger partial charge in [0.25, 0.3) is 0 Å². The second-order valence-corrected chi connectivity index (χ2v) is 3.13. The monoisotopic (exact) mass is 153 g/mol. The van der Waals surface area contributed by atoms with Gasteiger partial charge < -0.3 is 10.2 Å². The van der Waals surface area contributed by atoms with Crippen LogP contribution in [0.3, 0.4) is 0 Å². The molecule has 1 aromatic heterocycles. The summed E-state index contributed by atoms with van der Waals surface area (Å²) in [5, 5.41) is 7.41. The Morgan fingerprint density at radius 1 is 1.64 bits per heavy atom. The third-order valence-electron chi connectivity index (χ3n) is 2.14. The van der Waals surface area contributed by atoms with Gasteiger partial charge in [-0.3, -0.25) is 0 Å². The Morgan fingerprint density at radius 2 is 2.45 bits per heavy atom. The van der Waals surface area contributed by atoms with Crippen LogP contribution < -0.4 is 5.73 Å². The first kappa shape index (κ1) is 6.79. The summed E-state index contributed by atoms with van der Waals surface area (Å²) in [5.41, 5.74) is 5.63. The fourth-order valence-electron chi connectivity index (χ4n) is 1.49. The molecule has 0 radical (unpaired) electrons. The van der Waals surface area contributed by atoms with E-state index in [1.165, 1.54) is 6.39 Å². The number of nitrogens with two attached hydrogens (primary N) is 1. The van der Waals surface area contributed by atoms with E-state index >= 15 is 0 Å². The minimum atomic E-state index is 0.405. The highest BCUT2D eigenvalue weighted by molar-refractivity contribution is 4.88. The third kappa shape index (κ3) is 1.40. The van der Waals surface area contributed by atoms with E-state index in [1.54, 1.807) is 0 Å². The van der Waals surface area contributed by atoms with Crippen LogP contribution in [0.4, 0.5) is 0 Å². The lowest BCUT2D eigenvalue weighted by atomic mass is 9.79. The van der Waals surface area contributed by atoms with Crippen LogP contribution >= 0.6 is 0 Å². The average Bonchev–Trinajstić information content (AvgIpc) is 2.36. The van der Waals surface area contributed by atoms with Gasteiger partial charge in [0.1, 0.15) is 0 Å². The van der Waals surface area contributed by atoms with Crippen molar-refractivity contribution in [2.24, 2.45) is 11.7 Å². The molecule has 1 saturated carbocycles. The van der Waals surface area contributed by atoms with Gasteiger partial charge >= 0.3 is 0 Å². The Labute approximate surface area is 64.8 Å². The number of hydrogen-bond acceptors (Lipinski definition) is 4. The van der Waals surface area contributed by atoms with Crippen molar-refractivity contribution < 1.29 is 4.42 Å². The topological polar surface area (TPSA) is 64.9 Å². The molecule has 0 amide bonds. The number of rotatable bonds is 2. The van der Waals surface area contributed by atoms with Crippen LogP contribution in [-0.2, 0) is 6.42 Å². The molecule has 4 heteroatoms. The molecule has 4 nitrogen and oxygen atoms in total. The van der Waals surface area contributed by atoms with Crippen molar-refractivity contribution in [2.45, 2.75) is 25.3 Å². The lowest BCUT2D eigenvalue weighted by molar-refractivity contribution is 0.248. The summed E-state index contributed by atoms with van der Waals surface area (Å²) in [6.45, 7) is 0. The van der Waals surface area contributed by atoms with Crippen LogP contribution in [0.25, 0.3) is 0 Å². The summed E-state index contributed by atoms with van der Waals surface area (Å²) < 4.78 is 5.01. The van der Waals surface area contributed by atoms with Gasteiger partial charge in [-0.05, 0) is 18.8 Å². The van der Waals surface area contributed by atoms with Crippen molar-refractivity contribution in [1.82, 2.24) is 10.2 Å². The van der Waals surface area contributed by atoms with Crippen LogP contribution in [0.1, 0.15) is 18.7 Å². The van der Waals surface area contributed by atoms with E-state index in [0.717, 1.165) is 25.2 Å². The van der Waals surface area contributed by atoms with E-state index in [1.807, 2.05) is 0 Å². The van der Waals surface area contributed by atoms with Crippen LogP contribution in [0.15, 0.2) is 10.8 Å². The number of aromatic nitrogens is 2. The molecule has 11 heavy (non-hydrogen) atoms. The highest BCUT2D eigenvalue weighted by Crippen LogP contribution is 2.28. The fourth-order valence-corrected chi connectivity index (χ4v) is 1.49. The molecule has 0 saturated heterocycles. The third-order valence-corrected chi connectivity index (χ3v) is 2.14. The van der Waals surface area contributed by atoms with Crippen molar-refractivity contribution >= 4 is 0 Å². The number of hydrogen-bond donors (Lipinski definition) is 1. The highest BCUT2D eigenvalue weighted by Gasteiger charge is 2.27. The Hall–Kier alpha value is -0.900. The first-order chi connectivity index (χ1) is 5.34. The van der Waals surface area contributed by atoms with E-state index in [0.29, 0.717) is 12.0 Å². The molecule has 0 spiro atoms. The van der Waals surface area contributed by atoms with Crippen LogP contribution in [0.2, 0.25) is 0 Å². The first-order valence-corrected chi connectivity index (χ1v) is 3.85. The van der Waals surface area contributed by atoms with Gasteiger partial charge in [0, 0.05) is 12.5 Å². The molecule has 1 aliphatic rings. The molecule has 0 unspecified atom stereocenters. The molecule has 0 aromatic carbocycles. The zero-order chi connectivity index (χ0) is 7.68. The van der Waals surface area contributed by atoms with Gasteiger partial charge in [0.15, 0.2) is 0 Å². The van der Waals surface area contributed by atoms with E-state index in [9.17, 15) is 0 Å². The fraction of sp³-hybridized carbons (Fsp3) is 0.714. The summed E-state index contributed by atoms with van der Waals surface area (Å²) >= 11 is 0. The summed E-state index contributed by atoms with van der Waals surface area (Å²) in [7, 11) is 0. The number of nitrogens with zero attached hydrogens (tertiary/aromatic N) is 2. The predicted octanol–water partition coefficient (Wildman–Crippen LogP) is 0.349. The molecule has 1 aromatic rings. The minimum Gasteiger partial charge on any atom is -0.428 e. The van der Waals surface area contributed by atoms with Gasteiger partial charge in [-0.15, -0.1) is 10.2 Å². The quantitative estimate of drug-likeness (QED) is 0.665. The normalized spacial score (nSPS) is 29.9. The van der Waals surface area contributed by atoms with Gasteiger partial charge in [-0.1, -0.05) is 0 Å². The molecule has 0 aliphatic heterocycles. The molecule has 2 rings (SSSR count). The standard InChI is InChI=1S/C7H11N3O/c8-6-1-5(2-6)3-7-10-9-4-11-7/h4-6H,1-3,8H2/t5-,6+. The van der Waals surface area contributed by atoms with Gasteiger partial charge in [0.05, 0.1) is 0 Å². The van der Waals surface area contributed by atoms with Crippen LogP contribution in [0, 0.1) is 5.92 Å². The van der Waals surface area contributed by atoms with E-state index in [4.69, 9.17) is 10.2 Å². The van der Waals surface area contributed by atoms with E-state index < -0.39 is 0 Å². The smallest absolute Gasteiger partial charge is 0.216 e. The second-order valence-electron chi connectivity index (χ2n) is 3.13. The van der Waals surface area contributed by atoms with Crippen LogP contribution in [-0.4, -0.2) is 16.2 Å². The Balaban J connectivity index is 1.84. The van der Waals surface area contributed by atoms with Crippen molar-refractivity contribution in [3.8, 4) is 0 Å². The maximum Gasteiger partial charge on any atom is 0.216 e. The lowest BCUT2D eigenvalue weighted by Crippen LogP contribution is -2.37. The molecule has 0 bridgehead atoms. The minimum absolute atomic E-state index is 0.405. The molecule has 1 fully saturated rings. The van der Waals surface area contributed by atoms with E-state index in [2.05, 4.69) is 10.2 Å². The SMILES string of the molecule is N[C@H]1C[C@@H](Cc2nnco2)C1. The average molecular weight is 153 g/mol. The Bertz CT molecular complexity index is 216. The summed E-state index contributed by atoms with van der Waals surface area (Å²) in [5.74, 6) is 1.41. The molecular formula is C7H11N3O. The Morgan fingerprint density at radius 3 is 3.00 bits per heavy atom. The molecular weight excluding hydrogens is 142 g/mol. The lowest BCUT2D eigenvalue weighted by Gasteiger charge is -2.31. The predicted molar refractivity (Wildman–Crippen MR) is 38.7 cm³/mol. The largest absolute Gasteiger partial charge is 0.428 e. The molecule has 2 N–H and O–H groups in total. The summed E-state index contributed by atoms with van der Waals surface area (Å²) in [6.07, 6.45) is 4.46. The van der Waals surface area contributed by atoms with Gasteiger partial charge in [-0.25, -0.2) is 0 Å². The maximum atomic E-state index is 5.63. The van der Waals surface area contributed by atoms with E-state index in [-0.39, 0.29) is 0 Å².